The number of hydrogen-bond donors (Lipinski definition) is 2. The largest absolute Gasteiger partial charge is 0.493 e. The topological polar surface area (TPSA) is 84.7 Å². The molecule has 0 bridgehead atoms. The second kappa shape index (κ2) is 7.70. The zero-order chi connectivity index (χ0) is 17.6. The third-order valence-corrected chi connectivity index (χ3v) is 4.14. The van der Waals surface area contributed by atoms with E-state index in [0.717, 1.165) is 6.42 Å². The number of benzene rings is 2. The molecule has 0 aromatic heterocycles. The number of nitrogens with zero attached hydrogens (tertiary/aromatic N) is 1. The lowest BCUT2D eigenvalue weighted by Crippen LogP contribution is -2.38. The van der Waals surface area contributed by atoms with Gasteiger partial charge in [0.2, 0.25) is 5.91 Å². The predicted octanol–water partition coefficient (Wildman–Crippen LogP) is 2.53. The van der Waals surface area contributed by atoms with Crippen molar-refractivity contribution in [2.75, 3.05) is 18.5 Å². The molecule has 2 aromatic carbocycles. The van der Waals surface area contributed by atoms with Gasteiger partial charge in [0.1, 0.15) is 5.75 Å². The SMILES string of the molecule is NC(=O)CCOc1ccc(NC(=O)N2CCc3ccccc3C2)cc1. The highest BCUT2D eigenvalue weighted by Gasteiger charge is 2.20. The minimum Gasteiger partial charge on any atom is -0.493 e. The van der Waals surface area contributed by atoms with Gasteiger partial charge in [0.25, 0.3) is 0 Å². The molecule has 1 aliphatic rings. The molecule has 0 aliphatic carbocycles. The summed E-state index contributed by atoms with van der Waals surface area (Å²) in [6.45, 7) is 1.57. The van der Waals surface area contributed by atoms with E-state index in [1.807, 2.05) is 12.1 Å². The van der Waals surface area contributed by atoms with Crippen molar-refractivity contribution in [1.82, 2.24) is 4.90 Å². The number of nitrogens with two attached hydrogens (primary N) is 1. The summed E-state index contributed by atoms with van der Waals surface area (Å²) in [6, 6.07) is 15.1. The van der Waals surface area contributed by atoms with E-state index in [0.29, 0.717) is 24.5 Å². The Morgan fingerprint density at radius 2 is 1.80 bits per heavy atom. The molecule has 3 rings (SSSR count). The number of nitrogens with one attached hydrogen (secondary N) is 1. The van der Waals surface area contributed by atoms with Crippen molar-refractivity contribution >= 4 is 17.6 Å². The van der Waals surface area contributed by atoms with E-state index in [9.17, 15) is 9.59 Å². The first kappa shape index (κ1) is 16.8. The highest BCUT2D eigenvalue weighted by molar-refractivity contribution is 5.89. The van der Waals surface area contributed by atoms with Crippen molar-refractivity contribution in [3.63, 3.8) is 0 Å². The van der Waals surface area contributed by atoms with Gasteiger partial charge in [-0.1, -0.05) is 24.3 Å². The first-order chi connectivity index (χ1) is 12.1. The fraction of sp³-hybridized carbons (Fsp3) is 0.263. The maximum absolute atomic E-state index is 12.4. The second-order valence-electron chi connectivity index (χ2n) is 5.96. The van der Waals surface area contributed by atoms with Crippen LogP contribution < -0.4 is 15.8 Å². The third kappa shape index (κ3) is 4.50. The molecule has 0 unspecified atom stereocenters. The summed E-state index contributed by atoms with van der Waals surface area (Å²) in [4.78, 5) is 24.9. The van der Waals surface area contributed by atoms with Gasteiger partial charge in [0.05, 0.1) is 13.0 Å². The molecule has 0 saturated carbocycles. The first-order valence-electron chi connectivity index (χ1n) is 8.26. The smallest absolute Gasteiger partial charge is 0.322 e. The molecule has 0 radical (unpaired) electrons. The lowest BCUT2D eigenvalue weighted by atomic mass is 10.0. The normalized spacial score (nSPS) is 13.0. The van der Waals surface area contributed by atoms with Crippen LogP contribution in [0.15, 0.2) is 48.5 Å². The van der Waals surface area contributed by atoms with Crippen LogP contribution >= 0.6 is 0 Å². The summed E-state index contributed by atoms with van der Waals surface area (Å²) >= 11 is 0. The average Bonchev–Trinajstić information content (AvgIpc) is 2.62. The number of anilines is 1. The Balaban J connectivity index is 1.54. The molecule has 0 spiro atoms. The zero-order valence-electron chi connectivity index (χ0n) is 13.9. The highest BCUT2D eigenvalue weighted by atomic mass is 16.5. The summed E-state index contributed by atoms with van der Waals surface area (Å²) < 4.78 is 5.41. The molecule has 0 saturated heterocycles. The number of ether oxygens (including phenoxy) is 1. The van der Waals surface area contributed by atoms with Gasteiger partial charge in [-0.2, -0.15) is 0 Å². The Bertz CT molecular complexity index is 759. The molecule has 3 N–H and O–H groups in total. The quantitative estimate of drug-likeness (QED) is 0.878. The number of carbonyl (C=O) groups is 2. The molecule has 0 fully saturated rings. The molecule has 1 heterocycles. The second-order valence-corrected chi connectivity index (χ2v) is 5.96. The number of carbonyl (C=O) groups excluding carboxylic acids is 2. The van der Waals surface area contributed by atoms with Gasteiger partial charge < -0.3 is 20.7 Å². The maximum Gasteiger partial charge on any atom is 0.322 e. The van der Waals surface area contributed by atoms with Crippen LogP contribution in [-0.2, 0) is 17.8 Å². The Kier molecular flexibility index (Phi) is 5.18. The van der Waals surface area contributed by atoms with Gasteiger partial charge in [-0.15, -0.1) is 0 Å². The molecule has 3 amide bonds. The minimum absolute atomic E-state index is 0.114. The number of urea groups is 1. The first-order valence-corrected chi connectivity index (χ1v) is 8.26. The van der Waals surface area contributed by atoms with Gasteiger partial charge in [0, 0.05) is 18.8 Å². The van der Waals surface area contributed by atoms with Crippen LogP contribution in [0.3, 0.4) is 0 Å². The van der Waals surface area contributed by atoms with Gasteiger partial charge in [-0.05, 0) is 41.8 Å². The summed E-state index contributed by atoms with van der Waals surface area (Å²) in [7, 11) is 0. The summed E-state index contributed by atoms with van der Waals surface area (Å²) in [5.74, 6) is 0.234. The van der Waals surface area contributed by atoms with Crippen molar-refractivity contribution in [1.29, 1.82) is 0 Å². The lowest BCUT2D eigenvalue weighted by molar-refractivity contribution is -0.118. The van der Waals surface area contributed by atoms with E-state index < -0.39 is 5.91 Å². The standard InChI is InChI=1S/C19H21N3O3/c20-18(23)10-12-25-17-7-5-16(6-8-17)21-19(24)22-11-9-14-3-1-2-4-15(14)13-22/h1-8H,9-13H2,(H2,20,23)(H,21,24). The fourth-order valence-electron chi connectivity index (χ4n) is 2.78. The monoisotopic (exact) mass is 339 g/mol. The van der Waals surface area contributed by atoms with Crippen molar-refractivity contribution < 1.29 is 14.3 Å². The number of primary amides is 1. The van der Waals surface area contributed by atoms with E-state index in [4.69, 9.17) is 10.5 Å². The van der Waals surface area contributed by atoms with E-state index in [1.165, 1.54) is 11.1 Å². The van der Waals surface area contributed by atoms with Gasteiger partial charge >= 0.3 is 6.03 Å². The predicted molar refractivity (Wildman–Crippen MR) is 95.3 cm³/mol. The molecule has 1 aliphatic heterocycles. The fourth-order valence-corrected chi connectivity index (χ4v) is 2.78. The average molecular weight is 339 g/mol. The summed E-state index contributed by atoms with van der Waals surface area (Å²) in [6.07, 6.45) is 1.05. The zero-order valence-corrected chi connectivity index (χ0v) is 13.9. The van der Waals surface area contributed by atoms with Crippen LogP contribution in [0.25, 0.3) is 0 Å². The van der Waals surface area contributed by atoms with Crippen molar-refractivity contribution in [3.8, 4) is 5.75 Å². The van der Waals surface area contributed by atoms with Gasteiger partial charge in [0.15, 0.2) is 0 Å². The molecule has 0 atom stereocenters. The van der Waals surface area contributed by atoms with E-state index in [-0.39, 0.29) is 19.1 Å². The molecular weight excluding hydrogens is 318 g/mol. The molecular formula is C19H21N3O3. The highest BCUT2D eigenvalue weighted by Crippen LogP contribution is 2.20. The Hall–Kier alpha value is -3.02. The van der Waals surface area contributed by atoms with E-state index in [1.54, 1.807) is 29.2 Å². The molecule has 2 aromatic rings. The molecule has 130 valence electrons. The lowest BCUT2D eigenvalue weighted by Gasteiger charge is -2.29. The van der Waals surface area contributed by atoms with Crippen LogP contribution in [0.4, 0.5) is 10.5 Å². The van der Waals surface area contributed by atoms with Crippen LogP contribution in [0.1, 0.15) is 17.5 Å². The number of rotatable bonds is 5. The van der Waals surface area contributed by atoms with Crippen molar-refractivity contribution in [2.24, 2.45) is 5.73 Å². The molecule has 6 nitrogen and oxygen atoms in total. The Morgan fingerprint density at radius 1 is 1.08 bits per heavy atom. The number of amides is 3. The van der Waals surface area contributed by atoms with Gasteiger partial charge in [-0.3, -0.25) is 4.79 Å². The van der Waals surface area contributed by atoms with E-state index in [2.05, 4.69) is 17.4 Å². The van der Waals surface area contributed by atoms with E-state index >= 15 is 0 Å². The maximum atomic E-state index is 12.4. The van der Waals surface area contributed by atoms with Crippen LogP contribution in [0.2, 0.25) is 0 Å². The van der Waals surface area contributed by atoms with Crippen LogP contribution in [0, 0.1) is 0 Å². The summed E-state index contributed by atoms with van der Waals surface area (Å²) in [5.41, 5.74) is 8.27. The number of fused-ring (bicyclic) bond motifs is 1. The van der Waals surface area contributed by atoms with Crippen molar-refractivity contribution in [2.45, 2.75) is 19.4 Å². The summed E-state index contributed by atoms with van der Waals surface area (Å²) in [5, 5.41) is 2.90. The molecule has 6 heteroatoms. The molecule has 25 heavy (non-hydrogen) atoms. The van der Waals surface area contributed by atoms with Crippen LogP contribution in [-0.4, -0.2) is 30.0 Å². The van der Waals surface area contributed by atoms with Crippen molar-refractivity contribution in [3.05, 3.63) is 59.7 Å². The Morgan fingerprint density at radius 3 is 2.52 bits per heavy atom. The third-order valence-electron chi connectivity index (χ3n) is 4.14. The van der Waals surface area contributed by atoms with Gasteiger partial charge in [-0.25, -0.2) is 4.79 Å². The minimum atomic E-state index is -0.396. The van der Waals surface area contributed by atoms with Crippen LogP contribution in [0.5, 0.6) is 5.75 Å². The number of hydrogen-bond acceptors (Lipinski definition) is 3. The Labute approximate surface area is 146 Å².